The molecule has 0 saturated heterocycles. The molecule has 1 rings (SSSR count). The number of nitrogens with zero attached hydrogens (tertiary/aromatic N) is 1. The SMILES string of the molecule is COCc1cncc(F)c1. The first-order valence-corrected chi connectivity index (χ1v) is 2.91. The number of aromatic nitrogens is 1. The molecular formula is C7H8FNO. The molecule has 0 aromatic carbocycles. The van der Waals surface area contributed by atoms with Crippen LogP contribution in [0.4, 0.5) is 4.39 Å². The van der Waals surface area contributed by atoms with E-state index in [0.717, 1.165) is 5.56 Å². The molecule has 1 aromatic heterocycles. The smallest absolute Gasteiger partial charge is 0.141 e. The largest absolute Gasteiger partial charge is 0.380 e. The lowest BCUT2D eigenvalue weighted by Crippen LogP contribution is -1.89. The number of rotatable bonds is 2. The fourth-order valence-corrected chi connectivity index (χ4v) is 0.701. The predicted molar refractivity (Wildman–Crippen MR) is 34.9 cm³/mol. The lowest BCUT2D eigenvalue weighted by atomic mass is 10.3. The fourth-order valence-electron chi connectivity index (χ4n) is 0.701. The molecule has 0 saturated carbocycles. The molecule has 0 spiro atoms. The summed E-state index contributed by atoms with van der Waals surface area (Å²) in [6, 6.07) is 1.40. The Kier molecular flexibility index (Phi) is 2.34. The molecule has 0 fully saturated rings. The van der Waals surface area contributed by atoms with Gasteiger partial charge in [0.1, 0.15) is 5.82 Å². The van der Waals surface area contributed by atoms with E-state index in [1.807, 2.05) is 0 Å². The Hall–Kier alpha value is -0.960. The van der Waals surface area contributed by atoms with E-state index in [4.69, 9.17) is 4.74 Å². The van der Waals surface area contributed by atoms with Crippen molar-refractivity contribution in [3.05, 3.63) is 29.8 Å². The number of halogens is 1. The molecule has 0 aliphatic rings. The third kappa shape index (κ3) is 1.77. The molecule has 2 nitrogen and oxygen atoms in total. The molecule has 0 amide bonds. The van der Waals surface area contributed by atoms with Crippen LogP contribution in [-0.2, 0) is 11.3 Å². The minimum absolute atomic E-state index is 0.324. The molecule has 3 heteroatoms. The van der Waals surface area contributed by atoms with Gasteiger partial charge in [0.25, 0.3) is 0 Å². The van der Waals surface area contributed by atoms with Gasteiger partial charge in [-0.2, -0.15) is 0 Å². The second-order valence-corrected chi connectivity index (χ2v) is 1.94. The summed E-state index contributed by atoms with van der Waals surface area (Å²) in [5.74, 6) is -0.324. The van der Waals surface area contributed by atoms with E-state index in [-0.39, 0.29) is 5.82 Å². The summed E-state index contributed by atoms with van der Waals surface area (Å²) in [6.07, 6.45) is 2.74. The van der Waals surface area contributed by atoms with E-state index in [1.165, 1.54) is 12.3 Å². The van der Waals surface area contributed by atoms with Gasteiger partial charge < -0.3 is 4.74 Å². The Bertz CT molecular complexity index is 215. The summed E-state index contributed by atoms with van der Waals surface area (Å²) < 4.78 is 17.1. The third-order valence-electron chi connectivity index (χ3n) is 1.07. The highest BCUT2D eigenvalue weighted by atomic mass is 19.1. The molecule has 0 N–H and O–H groups in total. The number of methoxy groups -OCH3 is 1. The van der Waals surface area contributed by atoms with Gasteiger partial charge in [-0.15, -0.1) is 0 Å². The molecule has 10 heavy (non-hydrogen) atoms. The van der Waals surface area contributed by atoms with Crippen molar-refractivity contribution in [1.82, 2.24) is 4.98 Å². The van der Waals surface area contributed by atoms with Gasteiger partial charge in [0.05, 0.1) is 12.8 Å². The zero-order valence-corrected chi connectivity index (χ0v) is 5.67. The van der Waals surface area contributed by atoms with Gasteiger partial charge in [0, 0.05) is 13.3 Å². The number of hydrogen-bond acceptors (Lipinski definition) is 2. The second-order valence-electron chi connectivity index (χ2n) is 1.94. The Balaban J connectivity index is 2.75. The molecule has 1 heterocycles. The minimum atomic E-state index is -0.324. The van der Waals surface area contributed by atoms with E-state index < -0.39 is 0 Å². The monoisotopic (exact) mass is 141 g/mol. The molecule has 0 bridgehead atoms. The van der Waals surface area contributed by atoms with Crippen molar-refractivity contribution in [1.29, 1.82) is 0 Å². The number of pyridine rings is 1. The van der Waals surface area contributed by atoms with Crippen LogP contribution in [0.1, 0.15) is 5.56 Å². The number of ether oxygens (including phenoxy) is 1. The average Bonchev–Trinajstić information content (AvgIpc) is 1.88. The zero-order chi connectivity index (χ0) is 7.40. The Morgan fingerprint density at radius 1 is 1.60 bits per heavy atom. The van der Waals surface area contributed by atoms with E-state index in [9.17, 15) is 4.39 Å². The fraction of sp³-hybridized carbons (Fsp3) is 0.286. The van der Waals surface area contributed by atoms with Crippen LogP contribution in [-0.4, -0.2) is 12.1 Å². The van der Waals surface area contributed by atoms with Gasteiger partial charge in [-0.25, -0.2) is 4.39 Å². The van der Waals surface area contributed by atoms with Gasteiger partial charge in [-0.1, -0.05) is 0 Å². The third-order valence-corrected chi connectivity index (χ3v) is 1.07. The lowest BCUT2D eigenvalue weighted by molar-refractivity contribution is 0.184. The average molecular weight is 141 g/mol. The van der Waals surface area contributed by atoms with Crippen molar-refractivity contribution in [3.63, 3.8) is 0 Å². The highest BCUT2D eigenvalue weighted by Gasteiger charge is 1.93. The normalized spacial score (nSPS) is 9.80. The standard InChI is InChI=1S/C7H8FNO/c1-10-5-6-2-7(8)4-9-3-6/h2-4H,5H2,1H3. The quantitative estimate of drug-likeness (QED) is 0.620. The molecule has 1 aromatic rings. The van der Waals surface area contributed by atoms with Crippen molar-refractivity contribution in [3.8, 4) is 0 Å². The van der Waals surface area contributed by atoms with E-state index >= 15 is 0 Å². The summed E-state index contributed by atoms with van der Waals surface area (Å²) >= 11 is 0. The predicted octanol–water partition coefficient (Wildman–Crippen LogP) is 1.37. The maximum Gasteiger partial charge on any atom is 0.141 e. The molecule has 0 unspecified atom stereocenters. The summed E-state index contributed by atoms with van der Waals surface area (Å²) in [6.45, 7) is 0.408. The van der Waals surface area contributed by atoms with Crippen LogP contribution in [0, 0.1) is 5.82 Å². The second kappa shape index (κ2) is 3.27. The first-order valence-electron chi connectivity index (χ1n) is 2.91. The van der Waals surface area contributed by atoms with Crippen molar-refractivity contribution >= 4 is 0 Å². The summed E-state index contributed by atoms with van der Waals surface area (Å²) in [7, 11) is 1.56. The van der Waals surface area contributed by atoms with E-state index in [0.29, 0.717) is 6.61 Å². The molecule has 54 valence electrons. The molecule has 0 radical (unpaired) electrons. The maximum absolute atomic E-state index is 12.4. The Morgan fingerprint density at radius 3 is 3.00 bits per heavy atom. The summed E-state index contributed by atoms with van der Waals surface area (Å²) in [5.41, 5.74) is 0.752. The van der Waals surface area contributed by atoms with Crippen molar-refractivity contribution in [2.75, 3.05) is 7.11 Å². The van der Waals surface area contributed by atoms with Crippen LogP contribution in [0.25, 0.3) is 0 Å². The topological polar surface area (TPSA) is 22.1 Å². The maximum atomic E-state index is 12.4. The van der Waals surface area contributed by atoms with Crippen molar-refractivity contribution in [2.24, 2.45) is 0 Å². The van der Waals surface area contributed by atoms with Crippen LogP contribution in [0.15, 0.2) is 18.5 Å². The van der Waals surface area contributed by atoms with Crippen LogP contribution in [0.5, 0.6) is 0 Å². The van der Waals surface area contributed by atoms with Gasteiger partial charge >= 0.3 is 0 Å². The van der Waals surface area contributed by atoms with Crippen molar-refractivity contribution < 1.29 is 9.13 Å². The molecule has 0 aliphatic heterocycles. The molecular weight excluding hydrogens is 133 g/mol. The van der Waals surface area contributed by atoms with Gasteiger partial charge in [-0.3, -0.25) is 4.98 Å². The van der Waals surface area contributed by atoms with E-state index in [1.54, 1.807) is 13.3 Å². The zero-order valence-electron chi connectivity index (χ0n) is 5.67. The number of hydrogen-bond donors (Lipinski definition) is 0. The van der Waals surface area contributed by atoms with Gasteiger partial charge in [0.15, 0.2) is 0 Å². The minimum Gasteiger partial charge on any atom is -0.380 e. The van der Waals surface area contributed by atoms with Crippen molar-refractivity contribution in [2.45, 2.75) is 6.61 Å². The highest BCUT2D eigenvalue weighted by molar-refractivity contribution is 5.08. The van der Waals surface area contributed by atoms with Gasteiger partial charge in [-0.05, 0) is 11.6 Å². The first-order chi connectivity index (χ1) is 4.83. The summed E-state index contributed by atoms with van der Waals surface area (Å²) in [4.78, 5) is 3.65. The van der Waals surface area contributed by atoms with Crippen LogP contribution in [0.2, 0.25) is 0 Å². The first kappa shape index (κ1) is 7.15. The highest BCUT2D eigenvalue weighted by Crippen LogP contribution is 2.00. The Labute approximate surface area is 58.7 Å². The lowest BCUT2D eigenvalue weighted by Gasteiger charge is -1.96. The van der Waals surface area contributed by atoms with Crippen LogP contribution in [0.3, 0.4) is 0 Å². The molecule has 0 atom stereocenters. The van der Waals surface area contributed by atoms with Gasteiger partial charge in [0.2, 0.25) is 0 Å². The van der Waals surface area contributed by atoms with Crippen LogP contribution >= 0.6 is 0 Å². The molecule has 0 aliphatic carbocycles. The summed E-state index contributed by atoms with van der Waals surface area (Å²) in [5, 5.41) is 0. The Morgan fingerprint density at radius 2 is 2.40 bits per heavy atom. The van der Waals surface area contributed by atoms with E-state index in [2.05, 4.69) is 4.98 Å². The van der Waals surface area contributed by atoms with Crippen LogP contribution < -0.4 is 0 Å².